The van der Waals surface area contributed by atoms with Crippen molar-refractivity contribution >= 4 is 44.4 Å². The van der Waals surface area contributed by atoms with Gasteiger partial charge < -0.3 is 10.4 Å². The smallest absolute Gasteiger partial charge is 0.252 e. The van der Waals surface area contributed by atoms with Gasteiger partial charge in [-0.05, 0) is 75.5 Å². The summed E-state index contributed by atoms with van der Waals surface area (Å²) in [6.45, 7) is 2.18. The van der Waals surface area contributed by atoms with Crippen LogP contribution in [0.15, 0.2) is 22.7 Å². The highest BCUT2D eigenvalue weighted by molar-refractivity contribution is 14.1. The summed E-state index contributed by atoms with van der Waals surface area (Å²) >= 11 is 5.61. The quantitative estimate of drug-likeness (QED) is 0.688. The number of hydrogen-bond acceptors (Lipinski definition) is 2. The van der Waals surface area contributed by atoms with E-state index < -0.39 is 5.54 Å². The molecule has 0 heterocycles. The number of amides is 1. The molecule has 2 unspecified atom stereocenters. The number of carbonyl (C=O) groups excluding carboxylic acids is 1. The molecular formula is C15H19BrINO2. The van der Waals surface area contributed by atoms with Gasteiger partial charge in [0.15, 0.2) is 0 Å². The van der Waals surface area contributed by atoms with Crippen molar-refractivity contribution in [3.8, 4) is 0 Å². The van der Waals surface area contributed by atoms with Gasteiger partial charge in [-0.2, -0.15) is 0 Å². The second kappa shape index (κ2) is 6.75. The molecule has 2 atom stereocenters. The van der Waals surface area contributed by atoms with E-state index in [0.717, 1.165) is 27.3 Å². The standard InChI is InChI=1S/C15H19BrINO2/c1-10-3-2-6-15(8-10,9-19)18-14(20)12-7-11(17)4-5-13(12)16/h4-5,7,10,19H,2-3,6,8-9H2,1H3,(H,18,20). The molecule has 1 aromatic carbocycles. The molecule has 1 fully saturated rings. The molecule has 0 bridgehead atoms. The van der Waals surface area contributed by atoms with Gasteiger partial charge in [0.25, 0.3) is 5.91 Å². The first-order valence-corrected chi connectivity index (χ1v) is 8.71. The second-order valence-electron chi connectivity index (χ2n) is 5.72. The molecule has 0 spiro atoms. The van der Waals surface area contributed by atoms with Crippen LogP contribution in [-0.2, 0) is 0 Å². The first kappa shape index (κ1) is 16.2. The van der Waals surface area contributed by atoms with Crippen LogP contribution in [0.3, 0.4) is 0 Å². The van der Waals surface area contributed by atoms with Crippen LogP contribution < -0.4 is 5.32 Å². The Morgan fingerprint density at radius 2 is 2.35 bits per heavy atom. The van der Waals surface area contributed by atoms with E-state index in [0.29, 0.717) is 11.5 Å². The van der Waals surface area contributed by atoms with Gasteiger partial charge in [0.1, 0.15) is 0 Å². The van der Waals surface area contributed by atoms with Crippen molar-refractivity contribution in [3.05, 3.63) is 31.8 Å². The average Bonchev–Trinajstić information content (AvgIpc) is 2.41. The number of halogens is 2. The molecule has 20 heavy (non-hydrogen) atoms. The number of aliphatic hydroxyl groups is 1. The lowest BCUT2D eigenvalue weighted by molar-refractivity contribution is 0.0696. The van der Waals surface area contributed by atoms with Crippen LogP contribution in [0.2, 0.25) is 0 Å². The fourth-order valence-corrected chi connectivity index (χ4v) is 3.85. The Morgan fingerprint density at radius 3 is 3.00 bits per heavy atom. The molecule has 3 nitrogen and oxygen atoms in total. The van der Waals surface area contributed by atoms with Crippen molar-refractivity contribution in [2.45, 2.75) is 38.1 Å². The number of aliphatic hydroxyl groups excluding tert-OH is 1. The third kappa shape index (κ3) is 3.74. The highest BCUT2D eigenvalue weighted by Crippen LogP contribution is 2.32. The summed E-state index contributed by atoms with van der Waals surface area (Å²) in [6.07, 6.45) is 3.91. The van der Waals surface area contributed by atoms with E-state index in [4.69, 9.17) is 0 Å². The van der Waals surface area contributed by atoms with Crippen LogP contribution >= 0.6 is 38.5 Å². The van der Waals surface area contributed by atoms with Crippen molar-refractivity contribution in [1.29, 1.82) is 0 Å². The largest absolute Gasteiger partial charge is 0.394 e. The van der Waals surface area contributed by atoms with Gasteiger partial charge in [0, 0.05) is 8.04 Å². The van der Waals surface area contributed by atoms with Gasteiger partial charge >= 0.3 is 0 Å². The zero-order valence-electron chi connectivity index (χ0n) is 11.5. The summed E-state index contributed by atoms with van der Waals surface area (Å²) < 4.78 is 1.80. The van der Waals surface area contributed by atoms with Crippen LogP contribution in [-0.4, -0.2) is 23.2 Å². The van der Waals surface area contributed by atoms with E-state index in [1.54, 1.807) is 0 Å². The highest BCUT2D eigenvalue weighted by Gasteiger charge is 2.36. The molecular weight excluding hydrogens is 433 g/mol. The van der Waals surface area contributed by atoms with Gasteiger partial charge in [-0.1, -0.05) is 19.8 Å². The first-order chi connectivity index (χ1) is 9.46. The number of benzene rings is 1. The Bertz CT molecular complexity index is 509. The first-order valence-electron chi connectivity index (χ1n) is 6.84. The van der Waals surface area contributed by atoms with Crippen LogP contribution in [0.1, 0.15) is 43.0 Å². The van der Waals surface area contributed by atoms with E-state index in [9.17, 15) is 9.90 Å². The molecule has 0 radical (unpaired) electrons. The monoisotopic (exact) mass is 451 g/mol. The third-order valence-corrected chi connectivity index (χ3v) is 5.31. The molecule has 2 N–H and O–H groups in total. The molecule has 1 saturated carbocycles. The lowest BCUT2D eigenvalue weighted by Crippen LogP contribution is -2.53. The zero-order chi connectivity index (χ0) is 14.8. The second-order valence-corrected chi connectivity index (χ2v) is 7.82. The molecule has 0 saturated heterocycles. The predicted octanol–water partition coefficient (Wildman–Crippen LogP) is 3.72. The van der Waals surface area contributed by atoms with Gasteiger partial charge in [0.05, 0.1) is 17.7 Å². The van der Waals surface area contributed by atoms with E-state index in [1.165, 1.54) is 6.42 Å². The molecule has 1 aliphatic carbocycles. The van der Waals surface area contributed by atoms with Gasteiger partial charge in [0.2, 0.25) is 0 Å². The predicted molar refractivity (Wildman–Crippen MR) is 91.8 cm³/mol. The fraction of sp³-hybridized carbons (Fsp3) is 0.533. The Morgan fingerprint density at radius 1 is 1.60 bits per heavy atom. The SMILES string of the molecule is CC1CCCC(CO)(NC(=O)c2cc(I)ccc2Br)C1. The molecule has 1 aromatic rings. The van der Waals surface area contributed by atoms with Gasteiger partial charge in [-0.25, -0.2) is 0 Å². The summed E-state index contributed by atoms with van der Waals surface area (Å²) in [4.78, 5) is 12.5. The van der Waals surface area contributed by atoms with Crippen LogP contribution in [0.5, 0.6) is 0 Å². The highest BCUT2D eigenvalue weighted by atomic mass is 127. The zero-order valence-corrected chi connectivity index (χ0v) is 15.2. The summed E-state index contributed by atoms with van der Waals surface area (Å²) in [6, 6.07) is 5.69. The lowest BCUT2D eigenvalue weighted by atomic mass is 9.76. The topological polar surface area (TPSA) is 49.3 Å². The maximum absolute atomic E-state index is 12.5. The van der Waals surface area contributed by atoms with Gasteiger partial charge in [-0.15, -0.1) is 0 Å². The normalized spacial score (nSPS) is 26.3. The van der Waals surface area contributed by atoms with Crippen molar-refractivity contribution in [3.63, 3.8) is 0 Å². The number of rotatable bonds is 3. The molecule has 5 heteroatoms. The number of hydrogen-bond donors (Lipinski definition) is 2. The summed E-state index contributed by atoms with van der Waals surface area (Å²) in [5, 5.41) is 12.8. The van der Waals surface area contributed by atoms with E-state index in [1.807, 2.05) is 18.2 Å². The molecule has 2 rings (SSSR count). The average molecular weight is 452 g/mol. The van der Waals surface area contributed by atoms with E-state index in [-0.39, 0.29) is 12.5 Å². The van der Waals surface area contributed by atoms with Crippen molar-refractivity contribution in [2.75, 3.05) is 6.61 Å². The van der Waals surface area contributed by atoms with E-state index in [2.05, 4.69) is 50.8 Å². The minimum Gasteiger partial charge on any atom is -0.394 e. The van der Waals surface area contributed by atoms with Gasteiger partial charge in [-0.3, -0.25) is 4.79 Å². The van der Waals surface area contributed by atoms with Crippen molar-refractivity contribution in [1.82, 2.24) is 5.32 Å². The third-order valence-electron chi connectivity index (χ3n) is 3.95. The Balaban J connectivity index is 2.19. The maximum atomic E-state index is 12.5. The minimum atomic E-state index is -0.463. The minimum absolute atomic E-state index is 0.00459. The fourth-order valence-electron chi connectivity index (χ4n) is 2.94. The number of carbonyl (C=O) groups is 1. The Hall–Kier alpha value is -0.140. The lowest BCUT2D eigenvalue weighted by Gasteiger charge is -2.39. The number of nitrogens with one attached hydrogen (secondary N) is 1. The van der Waals surface area contributed by atoms with Crippen LogP contribution in [0.4, 0.5) is 0 Å². The molecule has 110 valence electrons. The molecule has 1 amide bonds. The summed E-state index contributed by atoms with van der Waals surface area (Å²) in [7, 11) is 0. The maximum Gasteiger partial charge on any atom is 0.252 e. The van der Waals surface area contributed by atoms with Crippen molar-refractivity contribution < 1.29 is 9.90 Å². The molecule has 0 aromatic heterocycles. The van der Waals surface area contributed by atoms with Crippen molar-refractivity contribution in [2.24, 2.45) is 5.92 Å². The molecule has 1 aliphatic rings. The summed E-state index contributed by atoms with van der Waals surface area (Å²) in [5.74, 6) is 0.425. The summed E-state index contributed by atoms with van der Waals surface area (Å²) in [5.41, 5.74) is 0.165. The van der Waals surface area contributed by atoms with Crippen LogP contribution in [0, 0.1) is 9.49 Å². The Labute approximate surface area is 141 Å². The Kier molecular flexibility index (Phi) is 5.48. The molecule has 0 aliphatic heterocycles. The van der Waals surface area contributed by atoms with E-state index >= 15 is 0 Å². The van der Waals surface area contributed by atoms with Crippen LogP contribution in [0.25, 0.3) is 0 Å².